The van der Waals surface area contributed by atoms with Gasteiger partial charge in [0.25, 0.3) is 0 Å². The zero-order valence-electron chi connectivity index (χ0n) is 15.3. The first-order chi connectivity index (χ1) is 12.1. The van der Waals surface area contributed by atoms with Crippen LogP contribution in [-0.2, 0) is 13.0 Å². The van der Waals surface area contributed by atoms with Gasteiger partial charge in [-0.3, -0.25) is 0 Å². The Morgan fingerprint density at radius 3 is 2.84 bits per heavy atom. The lowest BCUT2D eigenvalue weighted by Crippen LogP contribution is -2.34. The Labute approximate surface area is 149 Å². The van der Waals surface area contributed by atoms with Gasteiger partial charge in [-0.1, -0.05) is 30.3 Å². The van der Waals surface area contributed by atoms with Crippen molar-refractivity contribution < 1.29 is 0 Å². The summed E-state index contributed by atoms with van der Waals surface area (Å²) >= 11 is 0. The van der Waals surface area contributed by atoms with E-state index in [2.05, 4.69) is 67.1 Å². The largest absolute Gasteiger partial charge is 0.348 e. The topological polar surface area (TPSA) is 21.1 Å². The van der Waals surface area contributed by atoms with Gasteiger partial charge >= 0.3 is 0 Å². The van der Waals surface area contributed by atoms with Crippen LogP contribution in [0.2, 0.25) is 0 Å². The normalized spacial score (nSPS) is 16.9. The number of benzene rings is 1. The summed E-state index contributed by atoms with van der Waals surface area (Å²) in [5.41, 5.74) is 6.76. The molecule has 0 bridgehead atoms. The predicted octanol–water partition coefficient (Wildman–Crippen LogP) is 4.96. The minimum absolute atomic E-state index is 0.329. The fraction of sp³-hybridized carbons (Fsp3) is 0.318. The molecule has 128 valence electrons. The molecule has 0 amide bonds. The number of aryl methyl sites for hydroxylation is 1. The molecule has 1 unspecified atom stereocenters. The molecule has 2 aromatic heterocycles. The SMILES string of the molecule is C=CCn1c(C)c(C)c2ccnc(N3CCc4ccccc4C3C)c21. The molecule has 0 aliphatic carbocycles. The number of hydrogen-bond donors (Lipinski definition) is 0. The maximum absolute atomic E-state index is 4.82. The number of nitrogens with zero attached hydrogens (tertiary/aromatic N) is 3. The van der Waals surface area contributed by atoms with Crippen molar-refractivity contribution in [2.75, 3.05) is 11.4 Å². The van der Waals surface area contributed by atoms with Crippen LogP contribution < -0.4 is 4.90 Å². The van der Waals surface area contributed by atoms with Gasteiger partial charge in [0.1, 0.15) is 0 Å². The molecule has 3 heteroatoms. The number of hydrogen-bond acceptors (Lipinski definition) is 2. The maximum Gasteiger partial charge on any atom is 0.153 e. The van der Waals surface area contributed by atoms with Crippen molar-refractivity contribution in [1.82, 2.24) is 9.55 Å². The van der Waals surface area contributed by atoms with Crippen molar-refractivity contribution in [3.8, 4) is 0 Å². The van der Waals surface area contributed by atoms with Gasteiger partial charge < -0.3 is 9.47 Å². The van der Waals surface area contributed by atoms with Gasteiger partial charge in [0, 0.05) is 30.4 Å². The standard InChI is InChI=1S/C22H25N3/c1-5-13-24-16(3)15(2)19-10-12-23-22(21(19)24)25-14-11-18-8-6-7-9-20(18)17(25)4/h5-10,12,17H,1,11,13-14H2,2-4H3. The molecule has 4 rings (SSSR count). The zero-order valence-corrected chi connectivity index (χ0v) is 15.3. The summed E-state index contributed by atoms with van der Waals surface area (Å²) in [6.45, 7) is 12.4. The fourth-order valence-electron chi connectivity index (χ4n) is 4.21. The Morgan fingerprint density at radius 2 is 2.04 bits per heavy atom. The Hall–Kier alpha value is -2.55. The van der Waals surface area contributed by atoms with Gasteiger partial charge in [-0.25, -0.2) is 4.98 Å². The van der Waals surface area contributed by atoms with Crippen LogP contribution in [-0.4, -0.2) is 16.1 Å². The van der Waals surface area contributed by atoms with E-state index in [0.717, 1.165) is 25.3 Å². The highest BCUT2D eigenvalue weighted by Crippen LogP contribution is 2.37. The first kappa shape index (κ1) is 15.9. The number of aromatic nitrogens is 2. The first-order valence-corrected chi connectivity index (χ1v) is 9.03. The Kier molecular flexibility index (Phi) is 3.87. The van der Waals surface area contributed by atoms with Crippen LogP contribution in [0.4, 0.5) is 5.82 Å². The summed E-state index contributed by atoms with van der Waals surface area (Å²) in [6.07, 6.45) is 4.99. The molecule has 1 aliphatic heterocycles. The molecule has 1 aliphatic rings. The van der Waals surface area contributed by atoms with Gasteiger partial charge in [-0.15, -0.1) is 6.58 Å². The van der Waals surface area contributed by atoms with Gasteiger partial charge in [0.2, 0.25) is 0 Å². The van der Waals surface area contributed by atoms with Crippen LogP contribution in [0.3, 0.4) is 0 Å². The highest BCUT2D eigenvalue weighted by molar-refractivity contribution is 5.93. The summed E-state index contributed by atoms with van der Waals surface area (Å²) in [4.78, 5) is 7.28. The molecule has 3 heterocycles. The number of fused-ring (bicyclic) bond motifs is 2. The number of rotatable bonds is 3. The molecule has 1 atom stereocenters. The first-order valence-electron chi connectivity index (χ1n) is 9.03. The third kappa shape index (κ3) is 2.38. The summed E-state index contributed by atoms with van der Waals surface area (Å²) in [5, 5.41) is 1.30. The Morgan fingerprint density at radius 1 is 1.24 bits per heavy atom. The van der Waals surface area contributed by atoms with E-state index >= 15 is 0 Å². The minimum Gasteiger partial charge on any atom is -0.348 e. The second-order valence-corrected chi connectivity index (χ2v) is 6.96. The van der Waals surface area contributed by atoms with Crippen molar-refractivity contribution in [3.63, 3.8) is 0 Å². The quantitative estimate of drug-likeness (QED) is 0.632. The summed E-state index contributed by atoms with van der Waals surface area (Å²) < 4.78 is 2.35. The lowest BCUT2D eigenvalue weighted by Gasteiger charge is -2.36. The molecule has 0 N–H and O–H groups in total. The average molecular weight is 331 g/mol. The van der Waals surface area contributed by atoms with Crippen molar-refractivity contribution in [2.45, 2.75) is 39.8 Å². The third-order valence-corrected chi connectivity index (χ3v) is 5.70. The molecule has 0 radical (unpaired) electrons. The minimum atomic E-state index is 0.329. The van der Waals surface area contributed by atoms with E-state index in [4.69, 9.17) is 4.98 Å². The van der Waals surface area contributed by atoms with Gasteiger partial charge in [-0.2, -0.15) is 0 Å². The highest BCUT2D eigenvalue weighted by atomic mass is 15.2. The molecule has 3 nitrogen and oxygen atoms in total. The summed E-state index contributed by atoms with van der Waals surface area (Å²) in [5.74, 6) is 1.09. The second kappa shape index (κ2) is 6.07. The molecule has 1 aromatic carbocycles. The molecular formula is C22H25N3. The molecule has 25 heavy (non-hydrogen) atoms. The zero-order chi connectivity index (χ0) is 17.6. The average Bonchev–Trinajstić information content (AvgIpc) is 2.88. The summed E-state index contributed by atoms with van der Waals surface area (Å²) in [6, 6.07) is 11.3. The van der Waals surface area contributed by atoms with Crippen LogP contribution in [0, 0.1) is 13.8 Å². The molecule has 0 fully saturated rings. The maximum atomic E-state index is 4.82. The van der Waals surface area contributed by atoms with E-state index in [9.17, 15) is 0 Å². The molecule has 0 saturated heterocycles. The van der Waals surface area contributed by atoms with Gasteiger partial charge in [0.05, 0.1) is 11.6 Å². The lowest BCUT2D eigenvalue weighted by atomic mass is 9.93. The van der Waals surface area contributed by atoms with E-state index in [0.29, 0.717) is 6.04 Å². The molecule has 0 saturated carbocycles. The van der Waals surface area contributed by atoms with E-state index in [1.54, 1.807) is 0 Å². The van der Waals surface area contributed by atoms with Crippen molar-refractivity contribution >= 4 is 16.7 Å². The van der Waals surface area contributed by atoms with Gasteiger partial charge in [0.15, 0.2) is 5.82 Å². The van der Waals surface area contributed by atoms with Gasteiger partial charge in [-0.05, 0) is 49.9 Å². The number of allylic oxidation sites excluding steroid dienone is 1. The Balaban J connectivity index is 1.90. The summed E-state index contributed by atoms with van der Waals surface area (Å²) in [7, 11) is 0. The van der Waals surface area contributed by atoms with Crippen LogP contribution in [0.1, 0.15) is 35.3 Å². The van der Waals surface area contributed by atoms with Crippen molar-refractivity contribution in [1.29, 1.82) is 0 Å². The fourth-order valence-corrected chi connectivity index (χ4v) is 4.21. The van der Waals surface area contributed by atoms with E-state index in [1.165, 1.54) is 33.3 Å². The molecule has 0 spiro atoms. The number of anilines is 1. The van der Waals surface area contributed by atoms with Crippen LogP contribution >= 0.6 is 0 Å². The van der Waals surface area contributed by atoms with Crippen molar-refractivity contribution in [2.24, 2.45) is 0 Å². The molecule has 3 aromatic rings. The lowest BCUT2D eigenvalue weighted by molar-refractivity contribution is 0.617. The third-order valence-electron chi connectivity index (χ3n) is 5.70. The van der Waals surface area contributed by atoms with E-state index < -0.39 is 0 Å². The van der Waals surface area contributed by atoms with E-state index in [-0.39, 0.29) is 0 Å². The van der Waals surface area contributed by atoms with Crippen LogP contribution in [0.15, 0.2) is 49.2 Å². The monoisotopic (exact) mass is 331 g/mol. The van der Waals surface area contributed by atoms with Crippen LogP contribution in [0.5, 0.6) is 0 Å². The Bertz CT molecular complexity index is 951. The predicted molar refractivity (Wildman–Crippen MR) is 105 cm³/mol. The van der Waals surface area contributed by atoms with E-state index in [1.807, 2.05) is 12.3 Å². The number of pyridine rings is 1. The molecular weight excluding hydrogens is 306 g/mol. The van der Waals surface area contributed by atoms with Crippen LogP contribution in [0.25, 0.3) is 10.9 Å². The second-order valence-electron chi connectivity index (χ2n) is 6.96. The smallest absolute Gasteiger partial charge is 0.153 e. The highest BCUT2D eigenvalue weighted by Gasteiger charge is 2.27. The van der Waals surface area contributed by atoms with Crippen molar-refractivity contribution in [3.05, 3.63) is 71.6 Å².